The van der Waals surface area contributed by atoms with Crippen LogP contribution in [0.3, 0.4) is 0 Å². The van der Waals surface area contributed by atoms with E-state index >= 15 is 0 Å². The second-order valence-electron chi connectivity index (χ2n) is 11.0. The van der Waals surface area contributed by atoms with Gasteiger partial charge in [-0.3, -0.25) is 4.79 Å². The zero-order valence-corrected chi connectivity index (χ0v) is 24.3. The molecule has 1 saturated heterocycles. The Balaban J connectivity index is 1.96. The molecular formula is C30H36F2N2O7S. The highest BCUT2D eigenvalue weighted by Crippen LogP contribution is 2.46. The summed E-state index contributed by atoms with van der Waals surface area (Å²) >= 11 is 0. The Bertz CT molecular complexity index is 1510. The summed E-state index contributed by atoms with van der Waals surface area (Å²) < 4.78 is 59.7. The van der Waals surface area contributed by atoms with E-state index in [0.717, 1.165) is 0 Å². The Morgan fingerprint density at radius 2 is 1.55 bits per heavy atom. The van der Waals surface area contributed by atoms with Crippen molar-refractivity contribution in [1.82, 2.24) is 8.87 Å². The summed E-state index contributed by atoms with van der Waals surface area (Å²) in [7, 11) is -4.21. The number of halogens is 2. The van der Waals surface area contributed by atoms with E-state index in [1.807, 2.05) is 13.8 Å². The first-order valence-electron chi connectivity index (χ1n) is 13.8. The molecule has 42 heavy (non-hydrogen) atoms. The number of carboxylic acids is 1. The molecule has 3 unspecified atom stereocenters. The van der Waals surface area contributed by atoms with Crippen LogP contribution < -0.4 is 0 Å². The van der Waals surface area contributed by atoms with Crippen molar-refractivity contribution in [2.75, 3.05) is 13.1 Å². The summed E-state index contributed by atoms with van der Waals surface area (Å²) in [5, 5.41) is 39.9. The maximum absolute atomic E-state index is 14.3. The minimum absolute atomic E-state index is 0.0158. The molecule has 1 aliphatic rings. The van der Waals surface area contributed by atoms with Crippen LogP contribution in [0.2, 0.25) is 0 Å². The molecule has 2 heterocycles. The smallest absolute Gasteiger partial charge is 0.305 e. The molecule has 1 fully saturated rings. The molecule has 0 saturated carbocycles. The third-order valence-electron chi connectivity index (χ3n) is 7.42. The van der Waals surface area contributed by atoms with Gasteiger partial charge in [-0.25, -0.2) is 17.2 Å². The minimum atomic E-state index is -4.21. The second kappa shape index (κ2) is 13.0. The number of hydrogen-bond donors (Lipinski definition) is 4. The van der Waals surface area contributed by atoms with E-state index in [2.05, 4.69) is 0 Å². The molecule has 0 amide bonds. The van der Waals surface area contributed by atoms with Gasteiger partial charge in [-0.05, 0) is 72.7 Å². The third kappa shape index (κ3) is 6.90. The van der Waals surface area contributed by atoms with E-state index in [1.165, 1.54) is 52.8 Å². The highest BCUT2D eigenvalue weighted by atomic mass is 32.2. The predicted molar refractivity (Wildman–Crippen MR) is 152 cm³/mol. The molecule has 0 bridgehead atoms. The molecule has 3 aromatic rings. The molecule has 1 aliphatic heterocycles. The first kappa shape index (κ1) is 31.8. The number of β-amino-alcohol motifs (C(OH)–C–C–N with tert-alkyl or cyclic N) is 1. The van der Waals surface area contributed by atoms with E-state index < -0.39 is 52.4 Å². The minimum Gasteiger partial charge on any atom is -0.481 e. The number of nitrogens with zero attached hydrogens (tertiary/aromatic N) is 2. The molecule has 4 rings (SSSR count). The number of aromatic nitrogens is 1. The lowest BCUT2D eigenvalue weighted by atomic mass is 10.00. The van der Waals surface area contributed by atoms with Crippen molar-refractivity contribution in [1.29, 1.82) is 0 Å². The molecule has 3 atom stereocenters. The molecule has 1 aromatic heterocycles. The highest BCUT2D eigenvalue weighted by molar-refractivity contribution is 7.89. The summed E-state index contributed by atoms with van der Waals surface area (Å²) in [6.07, 6.45) is -3.60. The number of rotatable bonds is 12. The van der Waals surface area contributed by atoms with Crippen molar-refractivity contribution in [2.24, 2.45) is 0 Å². The quantitative estimate of drug-likeness (QED) is 0.245. The van der Waals surface area contributed by atoms with E-state index in [9.17, 15) is 37.3 Å². The number of aliphatic hydroxyl groups is 3. The van der Waals surface area contributed by atoms with E-state index in [0.29, 0.717) is 22.5 Å². The van der Waals surface area contributed by atoms with Crippen molar-refractivity contribution in [2.45, 2.75) is 75.2 Å². The number of aliphatic carboxylic acids is 1. The fraction of sp³-hybridized carbons (Fsp3) is 0.433. The largest absolute Gasteiger partial charge is 0.481 e. The third-order valence-corrected chi connectivity index (χ3v) is 9.36. The number of carboxylic acid groups (broad SMARTS) is 1. The number of hydrogen-bond acceptors (Lipinski definition) is 6. The SMILES string of the molecule is CC(C)c1c(S(=O)(=O)N2CCC(O)C2)c(-c2ccc(F)cc2)c(-c2ccc(F)cc2)n1CCC(O)CC(O)CC(=O)O. The first-order valence-corrected chi connectivity index (χ1v) is 15.3. The zero-order valence-electron chi connectivity index (χ0n) is 23.5. The average Bonchev–Trinajstić information content (AvgIpc) is 3.50. The Labute approximate surface area is 243 Å². The van der Waals surface area contributed by atoms with Gasteiger partial charge in [-0.1, -0.05) is 26.0 Å². The monoisotopic (exact) mass is 606 g/mol. The lowest BCUT2D eigenvalue weighted by molar-refractivity contribution is -0.139. The Morgan fingerprint density at radius 1 is 0.976 bits per heavy atom. The topological polar surface area (TPSA) is 140 Å². The Morgan fingerprint density at radius 3 is 2.05 bits per heavy atom. The van der Waals surface area contributed by atoms with Gasteiger partial charge in [0.15, 0.2) is 0 Å². The number of benzene rings is 2. The fourth-order valence-corrected chi connectivity index (χ4v) is 7.58. The number of carbonyl (C=O) groups is 1. The van der Waals surface area contributed by atoms with Crippen molar-refractivity contribution in [3.8, 4) is 22.4 Å². The summed E-state index contributed by atoms with van der Waals surface area (Å²) in [4.78, 5) is 10.9. The Kier molecular flexibility index (Phi) is 9.84. The summed E-state index contributed by atoms with van der Waals surface area (Å²) in [5.41, 5.74) is 2.01. The van der Waals surface area contributed by atoms with Crippen LogP contribution in [-0.4, -0.2) is 75.1 Å². The molecule has 0 radical (unpaired) electrons. The van der Waals surface area contributed by atoms with E-state index in [1.54, 1.807) is 4.57 Å². The van der Waals surface area contributed by atoms with Gasteiger partial charge >= 0.3 is 5.97 Å². The van der Waals surface area contributed by atoms with Crippen molar-refractivity contribution < 1.29 is 42.4 Å². The van der Waals surface area contributed by atoms with Gasteiger partial charge in [0, 0.05) is 30.9 Å². The van der Waals surface area contributed by atoms with Crippen LogP contribution in [0.15, 0.2) is 53.4 Å². The number of aliphatic hydroxyl groups excluding tert-OH is 3. The van der Waals surface area contributed by atoms with Crippen molar-refractivity contribution in [3.05, 3.63) is 65.9 Å². The molecule has 228 valence electrons. The standard InChI is InChI=1S/C30H36F2N2O7S/c1-18(2)28-30(42(40,41)33-13-11-24(36)17-33)27(19-3-7-21(31)8-4-19)29(20-5-9-22(32)10-6-20)34(28)14-12-23(35)15-25(37)16-26(38)39/h3-10,18,23-25,35-37H,11-17H2,1-2H3,(H,38,39). The zero-order chi connectivity index (χ0) is 30.8. The maximum atomic E-state index is 14.3. The summed E-state index contributed by atoms with van der Waals surface area (Å²) in [5.74, 6) is -2.58. The molecule has 0 spiro atoms. The molecular weight excluding hydrogens is 570 g/mol. The maximum Gasteiger partial charge on any atom is 0.305 e. The van der Waals surface area contributed by atoms with E-state index in [-0.39, 0.29) is 55.3 Å². The fourth-order valence-electron chi connectivity index (χ4n) is 5.53. The van der Waals surface area contributed by atoms with Crippen LogP contribution in [0.1, 0.15) is 51.1 Å². The second-order valence-corrected chi connectivity index (χ2v) is 12.9. The van der Waals surface area contributed by atoms with Gasteiger partial charge < -0.3 is 25.0 Å². The molecule has 4 N–H and O–H groups in total. The normalized spacial score (nSPS) is 17.6. The molecule has 2 aromatic carbocycles. The molecule has 0 aliphatic carbocycles. The highest BCUT2D eigenvalue weighted by Gasteiger charge is 2.39. The number of sulfonamides is 1. The van der Waals surface area contributed by atoms with Gasteiger partial charge in [0.05, 0.1) is 30.4 Å². The van der Waals surface area contributed by atoms with Crippen LogP contribution >= 0.6 is 0 Å². The Hall–Kier alpha value is -3.16. The van der Waals surface area contributed by atoms with Crippen molar-refractivity contribution >= 4 is 16.0 Å². The van der Waals surface area contributed by atoms with Crippen LogP contribution in [0.5, 0.6) is 0 Å². The molecule has 12 heteroatoms. The van der Waals surface area contributed by atoms with Gasteiger partial charge in [-0.15, -0.1) is 0 Å². The van der Waals surface area contributed by atoms with E-state index in [4.69, 9.17) is 5.11 Å². The van der Waals surface area contributed by atoms with Crippen LogP contribution in [0.25, 0.3) is 22.4 Å². The first-order chi connectivity index (χ1) is 19.8. The average molecular weight is 607 g/mol. The van der Waals surface area contributed by atoms with Gasteiger partial charge in [0.25, 0.3) is 0 Å². The summed E-state index contributed by atoms with van der Waals surface area (Å²) in [6, 6.07) is 10.9. The molecule has 9 nitrogen and oxygen atoms in total. The predicted octanol–water partition coefficient (Wildman–Crippen LogP) is 3.96. The van der Waals surface area contributed by atoms with Gasteiger partial charge in [0.2, 0.25) is 10.0 Å². The lowest BCUT2D eigenvalue weighted by Gasteiger charge is -2.21. The van der Waals surface area contributed by atoms with Gasteiger partial charge in [0.1, 0.15) is 16.5 Å². The summed E-state index contributed by atoms with van der Waals surface area (Å²) in [6.45, 7) is 3.74. The van der Waals surface area contributed by atoms with Crippen LogP contribution in [-0.2, 0) is 21.4 Å². The van der Waals surface area contributed by atoms with Crippen LogP contribution in [0, 0.1) is 11.6 Å². The van der Waals surface area contributed by atoms with Crippen molar-refractivity contribution in [3.63, 3.8) is 0 Å². The van der Waals surface area contributed by atoms with Crippen LogP contribution in [0.4, 0.5) is 8.78 Å². The lowest BCUT2D eigenvalue weighted by Crippen LogP contribution is -2.31. The van der Waals surface area contributed by atoms with Gasteiger partial charge in [-0.2, -0.15) is 4.31 Å².